The molecule has 11 heteroatoms. The summed E-state index contributed by atoms with van der Waals surface area (Å²) in [6.45, 7) is 5.43. The van der Waals surface area contributed by atoms with Crippen molar-refractivity contribution in [2.45, 2.75) is 37.3 Å². The van der Waals surface area contributed by atoms with Crippen LogP contribution in [0.15, 0.2) is 51.8 Å². The Bertz CT molecular complexity index is 1030. The topological polar surface area (TPSA) is 86.7 Å². The van der Waals surface area contributed by atoms with Crippen molar-refractivity contribution >= 4 is 37.6 Å². The fourth-order valence-electron chi connectivity index (χ4n) is 3.20. The Morgan fingerprint density at radius 2 is 1.66 bits per heavy atom. The highest BCUT2D eigenvalue weighted by Crippen LogP contribution is 2.23. The van der Waals surface area contributed by atoms with Crippen molar-refractivity contribution in [3.63, 3.8) is 0 Å². The number of nitrogens with zero attached hydrogens (tertiary/aromatic N) is 1. The Kier molecular flexibility index (Phi) is 9.11. The maximum Gasteiger partial charge on any atom is 0.490 e. The van der Waals surface area contributed by atoms with E-state index in [4.69, 9.17) is 9.90 Å². The van der Waals surface area contributed by atoms with Crippen molar-refractivity contribution in [3.8, 4) is 0 Å². The molecule has 0 saturated carbocycles. The molecule has 0 aliphatic carbocycles. The molecular formula is C21H24BrF3N2O4S. The second-order valence-corrected chi connectivity index (χ2v) is 9.79. The summed E-state index contributed by atoms with van der Waals surface area (Å²) >= 11 is 3.32. The molecule has 6 nitrogen and oxygen atoms in total. The zero-order chi connectivity index (χ0) is 23.9. The predicted octanol–water partition coefficient (Wildman–Crippen LogP) is 4.69. The van der Waals surface area contributed by atoms with Gasteiger partial charge in [0.1, 0.15) is 0 Å². The molecule has 1 aliphatic heterocycles. The molecular weight excluding hydrogens is 513 g/mol. The number of fused-ring (bicyclic) bond motifs is 1. The summed E-state index contributed by atoms with van der Waals surface area (Å²) < 4.78 is 60.4. The summed E-state index contributed by atoms with van der Waals surface area (Å²) in [6, 6.07) is 12.6. The van der Waals surface area contributed by atoms with E-state index in [0.717, 1.165) is 43.4 Å². The number of carboxylic acid groups (broad SMARTS) is 1. The molecule has 32 heavy (non-hydrogen) atoms. The number of carboxylic acids is 1. The van der Waals surface area contributed by atoms with Crippen LogP contribution in [0.4, 0.5) is 18.9 Å². The van der Waals surface area contributed by atoms with E-state index in [1.807, 2.05) is 12.1 Å². The first-order valence-electron chi connectivity index (χ1n) is 9.85. The highest BCUT2D eigenvalue weighted by atomic mass is 79.9. The monoisotopic (exact) mass is 536 g/mol. The molecule has 0 saturated heterocycles. The third-order valence-corrected chi connectivity index (χ3v) is 6.69. The zero-order valence-corrected chi connectivity index (χ0v) is 19.7. The smallest absolute Gasteiger partial charge is 0.475 e. The van der Waals surface area contributed by atoms with E-state index in [1.165, 1.54) is 11.1 Å². The number of anilines is 1. The number of nitrogens with one attached hydrogen (secondary N) is 1. The van der Waals surface area contributed by atoms with Gasteiger partial charge in [-0.1, -0.05) is 28.9 Å². The number of halogens is 4. The van der Waals surface area contributed by atoms with Crippen LogP contribution in [-0.2, 0) is 27.7 Å². The van der Waals surface area contributed by atoms with E-state index in [0.29, 0.717) is 5.69 Å². The molecule has 0 unspecified atom stereocenters. The molecule has 176 valence electrons. The van der Waals surface area contributed by atoms with Crippen LogP contribution >= 0.6 is 15.9 Å². The van der Waals surface area contributed by atoms with Gasteiger partial charge in [-0.25, -0.2) is 13.2 Å². The SMILES string of the molecule is CCCN1CCc2ccc(NS(=O)(=O)c3ccc(Br)cc3)cc2CC1.O=C(O)C(F)(F)F. The molecule has 0 atom stereocenters. The Labute approximate surface area is 193 Å². The number of carbonyl (C=O) groups is 1. The minimum absolute atomic E-state index is 0.264. The molecule has 2 aromatic carbocycles. The molecule has 1 heterocycles. The quantitative estimate of drug-likeness (QED) is 0.578. The Hall–Kier alpha value is -2.11. The van der Waals surface area contributed by atoms with Gasteiger partial charge in [-0.3, -0.25) is 4.72 Å². The molecule has 0 spiro atoms. The molecule has 0 fully saturated rings. The van der Waals surface area contributed by atoms with Crippen LogP contribution in [0.1, 0.15) is 24.5 Å². The molecule has 2 N–H and O–H groups in total. The molecule has 1 aliphatic rings. The predicted molar refractivity (Wildman–Crippen MR) is 119 cm³/mol. The Morgan fingerprint density at radius 1 is 1.09 bits per heavy atom. The van der Waals surface area contributed by atoms with Crippen LogP contribution in [0, 0.1) is 0 Å². The Balaban J connectivity index is 0.000000451. The van der Waals surface area contributed by atoms with Crippen molar-refractivity contribution in [1.82, 2.24) is 4.90 Å². The van der Waals surface area contributed by atoms with Gasteiger partial charge in [0.2, 0.25) is 0 Å². The Morgan fingerprint density at radius 3 is 2.19 bits per heavy atom. The first kappa shape index (κ1) is 26.1. The van der Waals surface area contributed by atoms with Gasteiger partial charge in [-0.05, 0) is 73.3 Å². The summed E-state index contributed by atoms with van der Waals surface area (Å²) in [5.74, 6) is -2.76. The van der Waals surface area contributed by atoms with E-state index >= 15 is 0 Å². The third kappa shape index (κ3) is 7.79. The fourth-order valence-corrected chi connectivity index (χ4v) is 4.52. The van der Waals surface area contributed by atoms with E-state index < -0.39 is 22.2 Å². The number of alkyl halides is 3. The van der Waals surface area contributed by atoms with Gasteiger partial charge in [-0.15, -0.1) is 0 Å². The molecule has 0 bridgehead atoms. The average molecular weight is 537 g/mol. The highest BCUT2D eigenvalue weighted by molar-refractivity contribution is 9.10. The summed E-state index contributed by atoms with van der Waals surface area (Å²) in [5.41, 5.74) is 3.20. The van der Waals surface area contributed by atoms with E-state index in [9.17, 15) is 21.6 Å². The minimum atomic E-state index is -5.08. The normalized spacial score (nSPS) is 14.5. The lowest BCUT2D eigenvalue weighted by atomic mass is 10.0. The average Bonchev–Trinajstić information content (AvgIpc) is 2.90. The fraction of sp³-hybridized carbons (Fsp3) is 0.381. The maximum absolute atomic E-state index is 12.6. The first-order chi connectivity index (χ1) is 14.9. The van der Waals surface area contributed by atoms with Gasteiger partial charge in [0.05, 0.1) is 4.90 Å². The van der Waals surface area contributed by atoms with Gasteiger partial charge in [0.25, 0.3) is 10.0 Å². The van der Waals surface area contributed by atoms with Crippen LogP contribution in [0.5, 0.6) is 0 Å². The number of sulfonamides is 1. The molecule has 0 aromatic heterocycles. The highest BCUT2D eigenvalue weighted by Gasteiger charge is 2.38. The summed E-state index contributed by atoms with van der Waals surface area (Å²) in [5, 5.41) is 7.12. The molecule has 3 rings (SSSR count). The largest absolute Gasteiger partial charge is 0.490 e. The standard InChI is InChI=1S/C19H23BrN2O2S.C2HF3O2/c1-2-11-22-12-9-15-3-6-18(14-16(15)10-13-22)21-25(23,24)19-7-4-17(20)5-8-19;3-2(4,5)1(6)7/h3-8,14,21H,2,9-13H2,1H3;(H,6,7). The van der Waals surface area contributed by atoms with Gasteiger partial charge >= 0.3 is 12.1 Å². The maximum atomic E-state index is 12.6. The summed E-state index contributed by atoms with van der Waals surface area (Å²) in [4.78, 5) is 11.6. The van der Waals surface area contributed by atoms with Gasteiger partial charge in [0.15, 0.2) is 0 Å². The second kappa shape index (κ2) is 11.2. The van der Waals surface area contributed by atoms with Gasteiger partial charge in [0, 0.05) is 23.2 Å². The van der Waals surface area contributed by atoms with Crippen LogP contribution in [-0.4, -0.2) is 50.2 Å². The third-order valence-electron chi connectivity index (χ3n) is 4.76. The number of benzene rings is 2. The van der Waals surface area contributed by atoms with Gasteiger partial charge < -0.3 is 10.0 Å². The number of hydrogen-bond acceptors (Lipinski definition) is 4. The van der Waals surface area contributed by atoms with Crippen LogP contribution in [0.2, 0.25) is 0 Å². The van der Waals surface area contributed by atoms with E-state index in [-0.39, 0.29) is 4.90 Å². The van der Waals surface area contributed by atoms with Crippen LogP contribution in [0.3, 0.4) is 0 Å². The number of rotatable bonds is 5. The van der Waals surface area contributed by atoms with Crippen LogP contribution < -0.4 is 4.72 Å². The van der Waals surface area contributed by atoms with E-state index in [1.54, 1.807) is 24.3 Å². The van der Waals surface area contributed by atoms with Crippen LogP contribution in [0.25, 0.3) is 0 Å². The molecule has 0 amide bonds. The lowest BCUT2D eigenvalue weighted by Crippen LogP contribution is -2.27. The second-order valence-electron chi connectivity index (χ2n) is 7.19. The van der Waals surface area contributed by atoms with Crippen molar-refractivity contribution in [2.24, 2.45) is 0 Å². The molecule has 2 aromatic rings. The minimum Gasteiger partial charge on any atom is -0.475 e. The first-order valence-corrected chi connectivity index (χ1v) is 12.1. The van der Waals surface area contributed by atoms with Crippen molar-refractivity contribution in [1.29, 1.82) is 0 Å². The van der Waals surface area contributed by atoms with Gasteiger partial charge in [-0.2, -0.15) is 13.2 Å². The zero-order valence-electron chi connectivity index (χ0n) is 17.3. The van der Waals surface area contributed by atoms with E-state index in [2.05, 4.69) is 38.5 Å². The van der Waals surface area contributed by atoms with Crippen molar-refractivity contribution in [2.75, 3.05) is 24.4 Å². The number of aliphatic carboxylic acids is 1. The van der Waals surface area contributed by atoms with Crippen molar-refractivity contribution in [3.05, 3.63) is 58.1 Å². The lowest BCUT2D eigenvalue weighted by molar-refractivity contribution is -0.192. The van der Waals surface area contributed by atoms with Crippen molar-refractivity contribution < 1.29 is 31.5 Å². The summed E-state index contributed by atoms with van der Waals surface area (Å²) in [6.07, 6.45) is -1.94. The number of hydrogen-bond donors (Lipinski definition) is 2. The lowest BCUT2D eigenvalue weighted by Gasteiger charge is -2.18. The summed E-state index contributed by atoms with van der Waals surface area (Å²) in [7, 11) is -3.57. The molecule has 0 radical (unpaired) electrons.